The minimum atomic E-state index is 0.0382. The number of nitrogens with one attached hydrogen (secondary N) is 1. The van der Waals surface area contributed by atoms with Crippen LogP contribution in [0.25, 0.3) is 0 Å². The first-order valence-electron chi connectivity index (χ1n) is 6.16. The van der Waals surface area contributed by atoms with Crippen LogP contribution in [-0.2, 0) is 11.2 Å². The van der Waals surface area contributed by atoms with Crippen molar-refractivity contribution in [2.24, 2.45) is 0 Å². The molecule has 1 N–H and O–H groups in total. The van der Waals surface area contributed by atoms with Crippen LogP contribution in [0.1, 0.15) is 16.2 Å². The van der Waals surface area contributed by atoms with Gasteiger partial charge in [-0.3, -0.25) is 4.79 Å². The lowest BCUT2D eigenvalue weighted by atomic mass is 10.2. The fourth-order valence-electron chi connectivity index (χ4n) is 1.75. The van der Waals surface area contributed by atoms with E-state index in [-0.39, 0.29) is 5.91 Å². The summed E-state index contributed by atoms with van der Waals surface area (Å²) in [7, 11) is 1.62. The van der Waals surface area contributed by atoms with Crippen LogP contribution >= 0.6 is 11.3 Å². The van der Waals surface area contributed by atoms with Crippen molar-refractivity contribution >= 4 is 22.9 Å². The minimum Gasteiger partial charge on any atom is -0.497 e. The second-order valence-electron chi connectivity index (χ2n) is 4.29. The predicted octanol–water partition coefficient (Wildman–Crippen LogP) is 3.64. The van der Waals surface area contributed by atoms with Gasteiger partial charge in [0.1, 0.15) is 5.75 Å². The molecule has 0 unspecified atom stereocenters. The van der Waals surface area contributed by atoms with Crippen LogP contribution in [0.15, 0.2) is 36.4 Å². The highest BCUT2D eigenvalue weighted by Gasteiger charge is 2.04. The Kier molecular flexibility index (Phi) is 4.58. The molecule has 19 heavy (non-hydrogen) atoms. The Balaban J connectivity index is 1.83. The zero-order valence-corrected chi connectivity index (χ0v) is 11.9. The van der Waals surface area contributed by atoms with Gasteiger partial charge in [-0.25, -0.2) is 0 Å². The van der Waals surface area contributed by atoms with Crippen LogP contribution < -0.4 is 10.1 Å². The molecule has 0 fully saturated rings. The maximum atomic E-state index is 11.8. The molecule has 2 aromatic rings. The summed E-state index contributed by atoms with van der Waals surface area (Å²) in [4.78, 5) is 14.3. The van der Waals surface area contributed by atoms with E-state index < -0.39 is 0 Å². The van der Waals surface area contributed by atoms with Gasteiger partial charge in [-0.05, 0) is 49.7 Å². The van der Waals surface area contributed by atoms with Gasteiger partial charge in [0.05, 0.1) is 7.11 Å². The molecule has 3 nitrogen and oxygen atoms in total. The minimum absolute atomic E-state index is 0.0382. The fraction of sp³-hybridized carbons (Fsp3) is 0.267. The van der Waals surface area contributed by atoms with Gasteiger partial charge in [0, 0.05) is 21.9 Å². The maximum Gasteiger partial charge on any atom is 0.224 e. The third-order valence-electron chi connectivity index (χ3n) is 2.77. The maximum absolute atomic E-state index is 11.8. The molecule has 100 valence electrons. The number of ether oxygens (including phenoxy) is 1. The van der Waals surface area contributed by atoms with E-state index in [1.165, 1.54) is 9.75 Å². The Labute approximate surface area is 117 Å². The largest absolute Gasteiger partial charge is 0.497 e. The Hall–Kier alpha value is -1.81. The normalized spacial score (nSPS) is 10.2. The molecule has 0 saturated carbocycles. The van der Waals surface area contributed by atoms with Crippen molar-refractivity contribution in [1.29, 1.82) is 0 Å². The van der Waals surface area contributed by atoms with Crippen molar-refractivity contribution in [2.45, 2.75) is 19.8 Å². The van der Waals surface area contributed by atoms with E-state index in [1.54, 1.807) is 18.4 Å². The number of aryl methyl sites for hydroxylation is 2. The van der Waals surface area contributed by atoms with E-state index in [2.05, 4.69) is 24.4 Å². The second-order valence-corrected chi connectivity index (χ2v) is 5.66. The Morgan fingerprint density at radius 3 is 2.53 bits per heavy atom. The van der Waals surface area contributed by atoms with Crippen LogP contribution in [0.2, 0.25) is 0 Å². The van der Waals surface area contributed by atoms with Gasteiger partial charge in [0.25, 0.3) is 0 Å². The first-order valence-corrected chi connectivity index (χ1v) is 6.98. The lowest BCUT2D eigenvalue weighted by molar-refractivity contribution is -0.116. The van der Waals surface area contributed by atoms with Gasteiger partial charge in [0.15, 0.2) is 0 Å². The van der Waals surface area contributed by atoms with Crippen molar-refractivity contribution in [1.82, 2.24) is 0 Å². The summed E-state index contributed by atoms with van der Waals surface area (Å²) in [6.45, 7) is 2.07. The lowest BCUT2D eigenvalue weighted by Gasteiger charge is -2.05. The average molecular weight is 275 g/mol. The van der Waals surface area contributed by atoms with E-state index >= 15 is 0 Å². The number of anilines is 1. The summed E-state index contributed by atoms with van der Waals surface area (Å²) in [6, 6.07) is 11.5. The summed E-state index contributed by atoms with van der Waals surface area (Å²) < 4.78 is 5.07. The van der Waals surface area contributed by atoms with Gasteiger partial charge < -0.3 is 10.1 Å². The Morgan fingerprint density at radius 2 is 1.95 bits per heavy atom. The number of hydrogen-bond acceptors (Lipinski definition) is 3. The highest BCUT2D eigenvalue weighted by atomic mass is 32.1. The molecule has 0 bridgehead atoms. The molecular weight excluding hydrogens is 258 g/mol. The number of rotatable bonds is 5. The molecular formula is C15H17NO2S. The SMILES string of the molecule is COc1ccc(NC(=O)CCc2ccc(C)s2)cc1. The second kappa shape index (κ2) is 6.38. The summed E-state index contributed by atoms with van der Waals surface area (Å²) >= 11 is 1.74. The molecule has 0 spiro atoms. The molecule has 4 heteroatoms. The highest BCUT2D eigenvalue weighted by molar-refractivity contribution is 7.11. The molecule has 0 atom stereocenters. The molecule has 1 amide bonds. The van der Waals surface area contributed by atoms with Gasteiger partial charge in [-0.2, -0.15) is 0 Å². The number of amides is 1. The molecule has 0 saturated heterocycles. The number of carbonyl (C=O) groups excluding carboxylic acids is 1. The molecule has 1 aromatic carbocycles. The van der Waals surface area contributed by atoms with Crippen LogP contribution in [-0.4, -0.2) is 13.0 Å². The molecule has 2 rings (SSSR count). The van der Waals surface area contributed by atoms with Gasteiger partial charge >= 0.3 is 0 Å². The van der Waals surface area contributed by atoms with E-state index in [1.807, 2.05) is 24.3 Å². The monoisotopic (exact) mass is 275 g/mol. The van der Waals surface area contributed by atoms with E-state index in [0.29, 0.717) is 6.42 Å². The van der Waals surface area contributed by atoms with Crippen molar-refractivity contribution in [3.8, 4) is 5.75 Å². The van der Waals surface area contributed by atoms with E-state index in [4.69, 9.17) is 4.74 Å². The zero-order chi connectivity index (χ0) is 13.7. The molecule has 1 heterocycles. The predicted molar refractivity (Wildman–Crippen MR) is 79.0 cm³/mol. The Morgan fingerprint density at radius 1 is 1.21 bits per heavy atom. The molecule has 0 aliphatic carbocycles. The third kappa shape index (κ3) is 4.10. The fourth-order valence-corrected chi connectivity index (χ4v) is 2.64. The molecule has 1 aromatic heterocycles. The molecule has 0 aliphatic rings. The highest BCUT2D eigenvalue weighted by Crippen LogP contribution is 2.18. The zero-order valence-electron chi connectivity index (χ0n) is 11.1. The summed E-state index contributed by atoms with van der Waals surface area (Å²) in [6.07, 6.45) is 1.30. The molecule has 0 radical (unpaired) electrons. The average Bonchev–Trinajstić information content (AvgIpc) is 2.83. The smallest absolute Gasteiger partial charge is 0.224 e. The first-order chi connectivity index (χ1) is 9.17. The third-order valence-corrected chi connectivity index (χ3v) is 3.83. The standard InChI is InChI=1S/C15H17NO2S/c1-11-3-8-14(19-11)9-10-15(17)16-12-4-6-13(18-2)7-5-12/h3-8H,9-10H2,1-2H3,(H,16,17). The van der Waals surface area contributed by atoms with E-state index in [0.717, 1.165) is 17.9 Å². The van der Waals surface area contributed by atoms with Crippen molar-refractivity contribution in [3.63, 3.8) is 0 Å². The number of thiophene rings is 1. The summed E-state index contributed by atoms with van der Waals surface area (Å²) in [5, 5.41) is 2.88. The number of hydrogen-bond donors (Lipinski definition) is 1. The van der Waals surface area contributed by atoms with Crippen molar-refractivity contribution < 1.29 is 9.53 Å². The van der Waals surface area contributed by atoms with Crippen molar-refractivity contribution in [3.05, 3.63) is 46.2 Å². The summed E-state index contributed by atoms with van der Waals surface area (Å²) in [5.41, 5.74) is 0.799. The van der Waals surface area contributed by atoms with Gasteiger partial charge in [-0.1, -0.05) is 0 Å². The number of benzene rings is 1. The lowest BCUT2D eigenvalue weighted by Crippen LogP contribution is -2.11. The van der Waals surface area contributed by atoms with Gasteiger partial charge in [0.2, 0.25) is 5.91 Å². The van der Waals surface area contributed by atoms with Crippen molar-refractivity contribution in [2.75, 3.05) is 12.4 Å². The van der Waals surface area contributed by atoms with E-state index in [9.17, 15) is 4.79 Å². The molecule has 0 aliphatic heterocycles. The van der Waals surface area contributed by atoms with Crippen LogP contribution in [0, 0.1) is 6.92 Å². The number of carbonyl (C=O) groups is 1. The van der Waals surface area contributed by atoms with Crippen LogP contribution in [0.3, 0.4) is 0 Å². The topological polar surface area (TPSA) is 38.3 Å². The quantitative estimate of drug-likeness (QED) is 0.904. The Bertz CT molecular complexity index is 546. The van der Waals surface area contributed by atoms with Gasteiger partial charge in [-0.15, -0.1) is 11.3 Å². The summed E-state index contributed by atoms with van der Waals surface area (Å²) in [5.74, 6) is 0.822. The van der Waals surface area contributed by atoms with Crippen LogP contribution in [0.5, 0.6) is 5.75 Å². The first kappa shape index (κ1) is 13.6. The van der Waals surface area contributed by atoms with Crippen LogP contribution in [0.4, 0.5) is 5.69 Å². The number of methoxy groups -OCH3 is 1.